The third kappa shape index (κ3) is 5.03. The number of benzene rings is 2. The summed E-state index contributed by atoms with van der Waals surface area (Å²) in [6.07, 6.45) is 0.900. The summed E-state index contributed by atoms with van der Waals surface area (Å²) in [6, 6.07) is 13.3. The first-order valence-electron chi connectivity index (χ1n) is 8.80. The second kappa shape index (κ2) is 9.08. The highest BCUT2D eigenvalue weighted by molar-refractivity contribution is 6.35. The molecule has 3 rings (SSSR count). The van der Waals surface area contributed by atoms with E-state index in [9.17, 15) is 14.4 Å². The summed E-state index contributed by atoms with van der Waals surface area (Å²) in [4.78, 5) is 37.6. The average molecular weight is 420 g/mol. The van der Waals surface area contributed by atoms with E-state index in [2.05, 4.69) is 10.6 Å². The number of nitrogens with zero attached hydrogens (tertiary/aromatic N) is 1. The van der Waals surface area contributed by atoms with E-state index in [1.165, 1.54) is 0 Å². The highest BCUT2D eigenvalue weighted by atomic mass is 35.5. The van der Waals surface area contributed by atoms with Crippen LogP contribution in [0.2, 0.25) is 10.0 Å². The number of amides is 4. The first-order valence-corrected chi connectivity index (χ1v) is 9.56. The third-order valence-electron chi connectivity index (χ3n) is 4.42. The lowest BCUT2D eigenvalue weighted by molar-refractivity contribution is -0.132. The predicted octanol–water partition coefficient (Wildman–Crippen LogP) is 2.82. The van der Waals surface area contributed by atoms with E-state index >= 15 is 0 Å². The first-order chi connectivity index (χ1) is 13.4. The monoisotopic (exact) mass is 419 g/mol. The van der Waals surface area contributed by atoms with E-state index in [-0.39, 0.29) is 6.54 Å². The standard InChI is InChI=1S/C20H19Cl2N3O3/c21-15-7-6-14(16(22)11-15)8-9-23-18(26)12-25-19(27)17(24-20(25)28)10-13-4-2-1-3-5-13/h1-7,11,17H,8-10,12H2,(H,23,26)(H,24,28)/t17-/m1/s1. The number of hydrogen-bond acceptors (Lipinski definition) is 3. The number of rotatable bonds is 7. The number of imide groups is 1. The molecule has 1 fully saturated rings. The molecule has 0 bridgehead atoms. The average Bonchev–Trinajstić information content (AvgIpc) is 2.92. The van der Waals surface area contributed by atoms with Crippen molar-refractivity contribution in [2.75, 3.05) is 13.1 Å². The van der Waals surface area contributed by atoms with Crippen molar-refractivity contribution in [1.82, 2.24) is 15.5 Å². The highest BCUT2D eigenvalue weighted by Crippen LogP contribution is 2.21. The molecule has 2 aromatic rings. The van der Waals surface area contributed by atoms with Crippen LogP contribution in [0, 0.1) is 0 Å². The van der Waals surface area contributed by atoms with Gasteiger partial charge in [-0.15, -0.1) is 0 Å². The molecule has 6 nitrogen and oxygen atoms in total. The summed E-state index contributed by atoms with van der Waals surface area (Å²) < 4.78 is 0. The molecule has 0 saturated carbocycles. The number of carbonyl (C=O) groups excluding carboxylic acids is 3. The SMILES string of the molecule is O=C(CN1C(=O)N[C@H](Cc2ccccc2)C1=O)NCCc1ccc(Cl)cc1Cl. The Hall–Kier alpha value is -2.57. The van der Waals surface area contributed by atoms with Crippen LogP contribution in [0.5, 0.6) is 0 Å². The number of halogens is 2. The molecule has 1 aliphatic rings. The summed E-state index contributed by atoms with van der Waals surface area (Å²) in [5, 5.41) is 6.40. The minimum Gasteiger partial charge on any atom is -0.354 e. The van der Waals surface area contributed by atoms with Gasteiger partial charge >= 0.3 is 6.03 Å². The van der Waals surface area contributed by atoms with Gasteiger partial charge in [0.2, 0.25) is 5.91 Å². The number of nitrogens with one attached hydrogen (secondary N) is 2. The molecule has 4 amide bonds. The van der Waals surface area contributed by atoms with Gasteiger partial charge in [0.1, 0.15) is 12.6 Å². The van der Waals surface area contributed by atoms with Crippen LogP contribution in [-0.2, 0) is 22.4 Å². The van der Waals surface area contributed by atoms with E-state index in [0.29, 0.717) is 29.4 Å². The summed E-state index contributed by atoms with van der Waals surface area (Å²) in [5.74, 6) is -0.807. The molecule has 0 spiro atoms. The van der Waals surface area contributed by atoms with Crippen molar-refractivity contribution in [2.45, 2.75) is 18.9 Å². The van der Waals surface area contributed by atoms with Crippen molar-refractivity contribution in [2.24, 2.45) is 0 Å². The van der Waals surface area contributed by atoms with Gasteiger partial charge in [-0.1, -0.05) is 59.6 Å². The van der Waals surface area contributed by atoms with Crippen LogP contribution in [0.25, 0.3) is 0 Å². The molecule has 28 heavy (non-hydrogen) atoms. The predicted molar refractivity (Wildman–Crippen MR) is 107 cm³/mol. The van der Waals surface area contributed by atoms with Crippen molar-refractivity contribution < 1.29 is 14.4 Å². The van der Waals surface area contributed by atoms with Gasteiger partial charge in [0, 0.05) is 23.0 Å². The van der Waals surface area contributed by atoms with E-state index in [1.807, 2.05) is 30.3 Å². The molecular formula is C20H19Cl2N3O3. The summed E-state index contributed by atoms with van der Waals surface area (Å²) >= 11 is 12.0. The van der Waals surface area contributed by atoms with E-state index in [0.717, 1.165) is 16.0 Å². The Kier molecular flexibility index (Phi) is 6.54. The fourth-order valence-corrected chi connectivity index (χ4v) is 3.48. The van der Waals surface area contributed by atoms with Gasteiger partial charge in [-0.3, -0.25) is 14.5 Å². The first kappa shape index (κ1) is 20.2. The molecule has 1 atom stereocenters. The minimum atomic E-state index is -0.657. The molecule has 8 heteroatoms. The maximum atomic E-state index is 12.5. The summed E-state index contributed by atoms with van der Waals surface area (Å²) in [5.41, 5.74) is 1.79. The summed E-state index contributed by atoms with van der Waals surface area (Å²) in [6.45, 7) is 0.0155. The molecule has 1 saturated heterocycles. The Bertz CT molecular complexity index is 890. The van der Waals surface area contributed by atoms with E-state index in [1.54, 1.807) is 18.2 Å². The quantitative estimate of drug-likeness (QED) is 0.677. The Balaban J connectivity index is 1.49. The Morgan fingerprint density at radius 1 is 1.11 bits per heavy atom. The Morgan fingerprint density at radius 2 is 1.86 bits per heavy atom. The van der Waals surface area contributed by atoms with Gasteiger partial charge in [-0.25, -0.2) is 4.79 Å². The van der Waals surface area contributed by atoms with Crippen molar-refractivity contribution >= 4 is 41.0 Å². The smallest absolute Gasteiger partial charge is 0.325 e. The molecule has 2 aromatic carbocycles. The normalized spacial score (nSPS) is 16.2. The highest BCUT2D eigenvalue weighted by Gasteiger charge is 2.38. The lowest BCUT2D eigenvalue weighted by Gasteiger charge is -2.13. The number of hydrogen-bond donors (Lipinski definition) is 2. The van der Waals surface area contributed by atoms with Gasteiger partial charge in [0.25, 0.3) is 5.91 Å². The molecule has 2 N–H and O–H groups in total. The van der Waals surface area contributed by atoms with Crippen LogP contribution in [0.15, 0.2) is 48.5 Å². The molecule has 1 aliphatic heterocycles. The molecule has 0 unspecified atom stereocenters. The topological polar surface area (TPSA) is 78.5 Å². The Labute approximate surface area is 172 Å². The van der Waals surface area contributed by atoms with E-state index in [4.69, 9.17) is 23.2 Å². The molecular weight excluding hydrogens is 401 g/mol. The van der Waals surface area contributed by atoms with Crippen LogP contribution < -0.4 is 10.6 Å². The number of urea groups is 1. The van der Waals surface area contributed by atoms with Crippen LogP contribution in [0.3, 0.4) is 0 Å². The van der Waals surface area contributed by atoms with Crippen molar-refractivity contribution in [3.63, 3.8) is 0 Å². The molecule has 0 aromatic heterocycles. The molecule has 0 aliphatic carbocycles. The zero-order chi connectivity index (χ0) is 20.1. The van der Waals surface area contributed by atoms with Crippen LogP contribution in [-0.4, -0.2) is 41.9 Å². The maximum absolute atomic E-state index is 12.5. The molecule has 0 radical (unpaired) electrons. The third-order valence-corrected chi connectivity index (χ3v) is 5.01. The molecule has 1 heterocycles. The lowest BCUT2D eigenvalue weighted by atomic mass is 10.1. The Morgan fingerprint density at radius 3 is 2.57 bits per heavy atom. The van der Waals surface area contributed by atoms with Gasteiger partial charge in [-0.05, 0) is 29.7 Å². The van der Waals surface area contributed by atoms with Gasteiger partial charge in [0.05, 0.1) is 0 Å². The summed E-state index contributed by atoms with van der Waals surface area (Å²) in [7, 11) is 0. The minimum absolute atomic E-state index is 0.315. The van der Waals surface area contributed by atoms with Crippen LogP contribution >= 0.6 is 23.2 Å². The van der Waals surface area contributed by atoms with Crippen molar-refractivity contribution in [3.05, 3.63) is 69.7 Å². The van der Waals surface area contributed by atoms with Crippen LogP contribution in [0.1, 0.15) is 11.1 Å². The fourth-order valence-electron chi connectivity index (χ4n) is 2.98. The van der Waals surface area contributed by atoms with Crippen LogP contribution in [0.4, 0.5) is 4.79 Å². The second-order valence-electron chi connectivity index (χ2n) is 6.45. The zero-order valence-electron chi connectivity index (χ0n) is 15.0. The van der Waals surface area contributed by atoms with Gasteiger partial charge in [0.15, 0.2) is 0 Å². The zero-order valence-corrected chi connectivity index (χ0v) is 16.5. The molecule has 146 valence electrons. The van der Waals surface area contributed by atoms with Gasteiger partial charge < -0.3 is 10.6 Å². The van der Waals surface area contributed by atoms with Crippen molar-refractivity contribution in [3.8, 4) is 0 Å². The second-order valence-corrected chi connectivity index (χ2v) is 7.30. The van der Waals surface area contributed by atoms with Crippen molar-refractivity contribution in [1.29, 1.82) is 0 Å². The number of carbonyl (C=O) groups is 3. The lowest BCUT2D eigenvalue weighted by Crippen LogP contribution is -2.41. The fraction of sp³-hybridized carbons (Fsp3) is 0.250. The van der Waals surface area contributed by atoms with Gasteiger partial charge in [-0.2, -0.15) is 0 Å². The maximum Gasteiger partial charge on any atom is 0.325 e. The van der Waals surface area contributed by atoms with E-state index < -0.39 is 23.9 Å². The largest absolute Gasteiger partial charge is 0.354 e.